The topological polar surface area (TPSA) is 20.2 Å². The molecular formula is C9H14O. The highest BCUT2D eigenvalue weighted by Gasteiger charge is 2.49. The van der Waals surface area contributed by atoms with Gasteiger partial charge in [-0.2, -0.15) is 0 Å². The van der Waals surface area contributed by atoms with Crippen molar-refractivity contribution in [2.75, 3.05) is 0 Å². The number of aliphatic hydroxyl groups excluding tert-OH is 1. The molecule has 0 radical (unpaired) electrons. The zero-order valence-electron chi connectivity index (χ0n) is 6.54. The third-order valence-corrected chi connectivity index (χ3v) is 3.28. The predicted octanol–water partition coefficient (Wildman–Crippen LogP) is 1.58. The summed E-state index contributed by atoms with van der Waals surface area (Å²) in [5, 5.41) is 9.50. The molecule has 2 rings (SSSR count). The van der Waals surface area contributed by atoms with Crippen molar-refractivity contribution in [2.24, 2.45) is 17.3 Å². The first-order valence-corrected chi connectivity index (χ1v) is 3.99. The Hall–Kier alpha value is -0.300. The van der Waals surface area contributed by atoms with Gasteiger partial charge in [0.05, 0.1) is 6.10 Å². The molecule has 0 aliphatic heterocycles. The number of rotatable bonds is 0. The Kier molecular flexibility index (Phi) is 1.06. The molecule has 2 aliphatic rings. The van der Waals surface area contributed by atoms with Crippen LogP contribution in [0.4, 0.5) is 0 Å². The molecule has 3 unspecified atom stereocenters. The van der Waals surface area contributed by atoms with Crippen LogP contribution < -0.4 is 0 Å². The smallest absolute Gasteiger partial charge is 0.0613 e. The predicted molar refractivity (Wildman–Crippen MR) is 40.5 cm³/mol. The Labute approximate surface area is 61.8 Å². The third kappa shape index (κ3) is 0.567. The van der Waals surface area contributed by atoms with Gasteiger partial charge in [0, 0.05) is 5.92 Å². The van der Waals surface area contributed by atoms with Crippen LogP contribution in [-0.4, -0.2) is 11.2 Å². The highest BCUT2D eigenvalue weighted by atomic mass is 16.3. The van der Waals surface area contributed by atoms with Crippen molar-refractivity contribution >= 4 is 0 Å². The minimum Gasteiger partial charge on any atom is -0.392 e. The zero-order chi connectivity index (χ0) is 7.35. The SMILES string of the molecule is CC1(C)C2C=CC1C(O)C2. The number of aliphatic hydroxyl groups is 1. The van der Waals surface area contributed by atoms with Crippen molar-refractivity contribution < 1.29 is 5.11 Å². The van der Waals surface area contributed by atoms with Crippen molar-refractivity contribution in [3.05, 3.63) is 12.2 Å². The van der Waals surface area contributed by atoms with Crippen LogP contribution in [0.1, 0.15) is 20.3 Å². The normalized spacial score (nSPS) is 48.5. The lowest BCUT2D eigenvalue weighted by Crippen LogP contribution is -2.22. The van der Waals surface area contributed by atoms with Crippen LogP contribution >= 0.6 is 0 Å². The molecule has 0 aromatic rings. The second-order valence-electron chi connectivity index (χ2n) is 4.14. The van der Waals surface area contributed by atoms with E-state index in [1.807, 2.05) is 0 Å². The third-order valence-electron chi connectivity index (χ3n) is 3.28. The first kappa shape index (κ1) is 6.41. The van der Waals surface area contributed by atoms with E-state index in [0.717, 1.165) is 6.42 Å². The maximum atomic E-state index is 9.50. The quantitative estimate of drug-likeness (QED) is 0.504. The second kappa shape index (κ2) is 1.65. The minimum atomic E-state index is -0.0648. The van der Waals surface area contributed by atoms with E-state index < -0.39 is 0 Å². The van der Waals surface area contributed by atoms with E-state index in [2.05, 4.69) is 26.0 Å². The van der Waals surface area contributed by atoms with Gasteiger partial charge in [-0.1, -0.05) is 26.0 Å². The monoisotopic (exact) mass is 138 g/mol. The van der Waals surface area contributed by atoms with Crippen LogP contribution in [0, 0.1) is 17.3 Å². The van der Waals surface area contributed by atoms with Gasteiger partial charge in [0.1, 0.15) is 0 Å². The van der Waals surface area contributed by atoms with Crippen LogP contribution in [0.5, 0.6) is 0 Å². The second-order valence-corrected chi connectivity index (χ2v) is 4.14. The fraction of sp³-hybridized carbons (Fsp3) is 0.778. The molecule has 0 aromatic carbocycles. The van der Waals surface area contributed by atoms with Gasteiger partial charge in [-0.15, -0.1) is 0 Å². The van der Waals surface area contributed by atoms with E-state index in [0.29, 0.717) is 17.3 Å². The largest absolute Gasteiger partial charge is 0.392 e. The van der Waals surface area contributed by atoms with Gasteiger partial charge in [-0.25, -0.2) is 0 Å². The molecule has 1 saturated carbocycles. The summed E-state index contributed by atoms with van der Waals surface area (Å²) in [6, 6.07) is 0. The summed E-state index contributed by atoms with van der Waals surface area (Å²) in [5.74, 6) is 1.06. The molecule has 0 spiro atoms. The van der Waals surface area contributed by atoms with Crippen LogP contribution in [0.15, 0.2) is 12.2 Å². The van der Waals surface area contributed by atoms with Gasteiger partial charge < -0.3 is 5.11 Å². The van der Waals surface area contributed by atoms with E-state index in [4.69, 9.17) is 0 Å². The molecule has 2 bridgehead atoms. The van der Waals surface area contributed by atoms with Crippen LogP contribution in [0.2, 0.25) is 0 Å². The summed E-state index contributed by atoms with van der Waals surface area (Å²) in [6.45, 7) is 4.50. The van der Waals surface area contributed by atoms with Crippen LogP contribution in [0.3, 0.4) is 0 Å². The first-order chi connectivity index (χ1) is 4.62. The summed E-state index contributed by atoms with van der Waals surface area (Å²) < 4.78 is 0. The molecule has 0 saturated heterocycles. The molecule has 1 N–H and O–H groups in total. The fourth-order valence-corrected chi connectivity index (χ4v) is 2.41. The molecule has 0 amide bonds. The first-order valence-electron chi connectivity index (χ1n) is 3.99. The molecule has 1 fully saturated rings. The van der Waals surface area contributed by atoms with E-state index in [1.54, 1.807) is 0 Å². The molecule has 3 atom stereocenters. The highest BCUT2D eigenvalue weighted by molar-refractivity contribution is 5.18. The summed E-state index contributed by atoms with van der Waals surface area (Å²) in [7, 11) is 0. The number of fused-ring (bicyclic) bond motifs is 2. The van der Waals surface area contributed by atoms with Crippen molar-refractivity contribution in [3.63, 3.8) is 0 Å². The average Bonchev–Trinajstić information content (AvgIpc) is 2.20. The lowest BCUT2D eigenvalue weighted by Gasteiger charge is -2.24. The molecule has 0 heterocycles. The van der Waals surface area contributed by atoms with E-state index in [9.17, 15) is 5.11 Å². The van der Waals surface area contributed by atoms with Gasteiger partial charge in [-0.05, 0) is 17.8 Å². The summed E-state index contributed by atoms with van der Waals surface area (Å²) in [5.41, 5.74) is 0.333. The Morgan fingerprint density at radius 1 is 1.40 bits per heavy atom. The maximum Gasteiger partial charge on any atom is 0.0613 e. The number of hydrogen-bond donors (Lipinski definition) is 1. The van der Waals surface area contributed by atoms with Gasteiger partial charge >= 0.3 is 0 Å². The molecule has 1 nitrogen and oxygen atoms in total. The number of hydrogen-bond acceptors (Lipinski definition) is 1. The van der Waals surface area contributed by atoms with Crippen molar-refractivity contribution in [3.8, 4) is 0 Å². The van der Waals surface area contributed by atoms with Crippen molar-refractivity contribution in [1.29, 1.82) is 0 Å². The lowest BCUT2D eigenvalue weighted by atomic mass is 9.81. The van der Waals surface area contributed by atoms with Gasteiger partial charge in [0.25, 0.3) is 0 Å². The van der Waals surface area contributed by atoms with Crippen LogP contribution in [0.25, 0.3) is 0 Å². The summed E-state index contributed by atoms with van der Waals surface area (Å²) in [4.78, 5) is 0. The number of allylic oxidation sites excluding steroid dienone is 1. The van der Waals surface area contributed by atoms with E-state index in [1.165, 1.54) is 0 Å². The Morgan fingerprint density at radius 3 is 2.30 bits per heavy atom. The lowest BCUT2D eigenvalue weighted by molar-refractivity contribution is 0.124. The van der Waals surface area contributed by atoms with E-state index in [-0.39, 0.29) is 6.10 Å². The standard InChI is InChI=1S/C9H14O/c1-9(2)6-3-4-7(9)8(10)5-6/h3-4,6-8,10H,5H2,1-2H3. The van der Waals surface area contributed by atoms with Crippen molar-refractivity contribution in [1.82, 2.24) is 0 Å². The molecule has 2 aliphatic carbocycles. The molecule has 0 aromatic heterocycles. The maximum absolute atomic E-state index is 9.50. The van der Waals surface area contributed by atoms with Gasteiger partial charge in [0.2, 0.25) is 0 Å². The summed E-state index contributed by atoms with van der Waals surface area (Å²) in [6.07, 6.45) is 5.36. The highest BCUT2D eigenvalue weighted by Crippen LogP contribution is 2.53. The Bertz CT molecular complexity index is 181. The molecule has 1 heteroatoms. The van der Waals surface area contributed by atoms with Crippen LogP contribution in [-0.2, 0) is 0 Å². The summed E-state index contributed by atoms with van der Waals surface area (Å²) >= 11 is 0. The Morgan fingerprint density at radius 2 is 2.10 bits per heavy atom. The molecular weight excluding hydrogens is 124 g/mol. The van der Waals surface area contributed by atoms with Crippen molar-refractivity contribution in [2.45, 2.75) is 26.4 Å². The molecule has 10 heavy (non-hydrogen) atoms. The zero-order valence-corrected chi connectivity index (χ0v) is 6.54. The van der Waals surface area contributed by atoms with E-state index >= 15 is 0 Å². The average molecular weight is 138 g/mol. The Balaban J connectivity index is 2.34. The fourth-order valence-electron chi connectivity index (χ4n) is 2.41. The van der Waals surface area contributed by atoms with Gasteiger partial charge in [0.15, 0.2) is 0 Å². The molecule has 56 valence electrons. The van der Waals surface area contributed by atoms with Gasteiger partial charge in [-0.3, -0.25) is 0 Å². The minimum absolute atomic E-state index is 0.0648.